The first-order valence-electron chi connectivity index (χ1n) is 23.5. The van der Waals surface area contributed by atoms with E-state index in [0.29, 0.717) is 5.56 Å². The number of carbonyl (C=O) groups excluding carboxylic acids is 1. The predicted octanol–water partition coefficient (Wildman–Crippen LogP) is 14.6. The number of aryl methyl sites for hydroxylation is 5. The highest BCUT2D eigenvalue weighted by Gasteiger charge is 2.30. The van der Waals surface area contributed by atoms with Gasteiger partial charge < -0.3 is 9.13 Å². The Morgan fingerprint density at radius 3 is 1.42 bits per heavy atom. The van der Waals surface area contributed by atoms with E-state index >= 15 is 0 Å². The van der Waals surface area contributed by atoms with Gasteiger partial charge in [0.15, 0.2) is 12.3 Å². The van der Waals surface area contributed by atoms with E-state index in [2.05, 4.69) is 199 Å². The van der Waals surface area contributed by atoms with Crippen molar-refractivity contribution in [3.05, 3.63) is 214 Å². The molecule has 0 N–H and O–H groups in total. The minimum Gasteiger partial charge on any atom is -0.340 e. The molecule has 0 saturated heterocycles. The van der Waals surface area contributed by atoms with Crippen molar-refractivity contribution in [2.75, 3.05) is 0 Å². The molecular formula is C62H53N4O+. The van der Waals surface area contributed by atoms with Gasteiger partial charge in [0, 0.05) is 41.8 Å². The number of Topliss-reactive ketones (excluding diaryl/α,β-unsaturated/α-hetero) is 1. The lowest BCUT2D eigenvalue weighted by atomic mass is 10.0. The van der Waals surface area contributed by atoms with E-state index in [-0.39, 0.29) is 12.3 Å². The van der Waals surface area contributed by atoms with Crippen molar-refractivity contribution in [3.63, 3.8) is 0 Å². The minimum atomic E-state index is 0.0384. The van der Waals surface area contributed by atoms with Gasteiger partial charge >= 0.3 is 0 Å². The van der Waals surface area contributed by atoms with Crippen molar-refractivity contribution >= 4 is 52.2 Å². The molecule has 5 aromatic carbocycles. The Morgan fingerprint density at radius 2 is 0.896 bits per heavy atom. The van der Waals surface area contributed by atoms with Gasteiger partial charge in [-0.2, -0.15) is 4.57 Å². The molecule has 0 aliphatic carbocycles. The molecule has 3 aliphatic heterocycles. The summed E-state index contributed by atoms with van der Waals surface area (Å²) in [6.07, 6.45) is 15.5. The molecule has 0 amide bonds. The van der Waals surface area contributed by atoms with Crippen LogP contribution in [0.5, 0.6) is 0 Å². The van der Waals surface area contributed by atoms with Crippen molar-refractivity contribution in [1.29, 1.82) is 0 Å². The average molecular weight is 870 g/mol. The fourth-order valence-corrected chi connectivity index (χ4v) is 10.1. The van der Waals surface area contributed by atoms with Crippen LogP contribution in [0.3, 0.4) is 0 Å². The highest BCUT2D eigenvalue weighted by molar-refractivity contribution is 6.02. The lowest BCUT2D eigenvalue weighted by Gasteiger charge is -2.14. The Hall–Kier alpha value is -7.89. The Morgan fingerprint density at radius 1 is 0.478 bits per heavy atom. The molecule has 11 rings (SSSR count). The largest absolute Gasteiger partial charge is 0.340 e. The number of nitrogens with zero attached hydrogens (tertiary/aromatic N) is 4. The summed E-state index contributed by atoms with van der Waals surface area (Å²) in [6, 6.07) is 54.3. The summed E-state index contributed by atoms with van der Waals surface area (Å²) in [5.74, 6) is 0.0384. The molecule has 6 heterocycles. The Balaban J connectivity index is 1.41. The van der Waals surface area contributed by atoms with Gasteiger partial charge in [0.2, 0.25) is 11.4 Å². The first-order chi connectivity index (χ1) is 32.8. The number of ketones is 1. The summed E-state index contributed by atoms with van der Waals surface area (Å²) in [6.45, 7) is 10.3. The lowest BCUT2D eigenvalue weighted by molar-refractivity contribution is -0.695. The second kappa shape index (κ2) is 17.5. The lowest BCUT2D eigenvalue weighted by Crippen LogP contribution is -2.38. The van der Waals surface area contributed by atoms with Gasteiger partial charge in [0.05, 0.1) is 51.1 Å². The Kier molecular flexibility index (Phi) is 10.9. The molecule has 0 radical (unpaired) electrons. The van der Waals surface area contributed by atoms with E-state index in [1.165, 1.54) is 27.8 Å². The molecule has 0 spiro atoms. The number of carbonyl (C=O) groups is 1. The van der Waals surface area contributed by atoms with Gasteiger partial charge in [-0.1, -0.05) is 162 Å². The van der Waals surface area contributed by atoms with E-state index in [9.17, 15) is 4.79 Å². The molecule has 5 heteroatoms. The van der Waals surface area contributed by atoms with Crippen LogP contribution in [0.15, 0.2) is 164 Å². The second-order valence-corrected chi connectivity index (χ2v) is 18.2. The maximum absolute atomic E-state index is 14.8. The van der Waals surface area contributed by atoms with E-state index in [0.717, 1.165) is 110 Å². The number of aromatic nitrogens is 4. The summed E-state index contributed by atoms with van der Waals surface area (Å²) < 4.78 is 7.34. The molecule has 0 unspecified atom stereocenters. The van der Waals surface area contributed by atoms with Crippen molar-refractivity contribution in [1.82, 2.24) is 14.1 Å². The summed E-state index contributed by atoms with van der Waals surface area (Å²) in [7, 11) is 0. The quantitative estimate of drug-likeness (QED) is 0.0910. The number of rotatable bonds is 7. The monoisotopic (exact) mass is 869 g/mol. The average Bonchev–Trinajstić information content (AvgIpc) is 4.16. The SMILES string of the molecule is Cc1ccc(-c2c3nc(c(-c4ccc(C)cc4)c4ccc(c(-c5ccc(C)cc5)c5[n+]6c(c(-c7ccc(C)cc7)c7ccc2n7CC/C=C\CC6)C=C5)n4CC(=O)c2ccccc2)C=C3)cc1. The fourth-order valence-electron chi connectivity index (χ4n) is 10.1. The number of hydrogen-bond donors (Lipinski definition) is 0. The molecule has 0 atom stereocenters. The van der Waals surface area contributed by atoms with Crippen LogP contribution in [0.25, 0.3) is 90.9 Å². The van der Waals surface area contributed by atoms with Gasteiger partial charge in [-0.25, -0.2) is 4.98 Å². The fraction of sp³-hybridized carbons (Fsp3) is 0.145. The predicted molar refractivity (Wildman–Crippen MR) is 278 cm³/mol. The molecule has 3 aliphatic rings. The zero-order chi connectivity index (χ0) is 45.6. The standard InChI is InChI=1S/C62H53N4O/c1-41-14-22-46(23-15-41)59-50-30-31-51(63-50)60(47-24-16-42(2)17-25-47)53-33-37-57(66(53)40-58(67)45-12-8-7-9-13-45)62(49-28-20-44(4)21-29-49)56-36-35-55-61(48-26-18-43(3)19-27-48)54-34-32-52(59)64(54)38-10-5-6-11-39-65(55)56/h5-9,12-37H,10-11,38-40H2,1-4H3/q+1/b6-5-,59-50?,59-52?,60-51?,60-53?,61-54?,61-55?,62-56?,62-57?. The van der Waals surface area contributed by atoms with Crippen LogP contribution in [-0.4, -0.2) is 19.9 Å². The first kappa shape index (κ1) is 41.8. The molecule has 326 valence electrons. The summed E-state index contributed by atoms with van der Waals surface area (Å²) in [5.41, 5.74) is 22.3. The normalized spacial score (nSPS) is 13.6. The third-order valence-electron chi connectivity index (χ3n) is 13.6. The molecular weight excluding hydrogens is 817 g/mol. The maximum atomic E-state index is 14.8. The third kappa shape index (κ3) is 7.80. The van der Waals surface area contributed by atoms with Gasteiger partial charge in [0.1, 0.15) is 0 Å². The molecule has 0 saturated carbocycles. The number of fused-ring (bicyclic) bond motifs is 4. The van der Waals surface area contributed by atoms with Gasteiger partial charge in [0.25, 0.3) is 0 Å². The van der Waals surface area contributed by atoms with Crippen LogP contribution in [-0.2, 0) is 19.6 Å². The molecule has 5 nitrogen and oxygen atoms in total. The Labute approximate surface area is 393 Å². The summed E-state index contributed by atoms with van der Waals surface area (Å²) >= 11 is 0. The second-order valence-electron chi connectivity index (χ2n) is 18.2. The maximum Gasteiger partial charge on any atom is 0.215 e. The summed E-state index contributed by atoms with van der Waals surface area (Å²) in [5, 5.41) is 0. The van der Waals surface area contributed by atoms with Crippen LogP contribution in [0.1, 0.15) is 68.2 Å². The van der Waals surface area contributed by atoms with Crippen molar-refractivity contribution in [2.24, 2.45) is 0 Å². The number of hydrogen-bond acceptors (Lipinski definition) is 2. The topological polar surface area (TPSA) is 43.7 Å². The zero-order valence-corrected chi connectivity index (χ0v) is 38.6. The van der Waals surface area contributed by atoms with E-state index in [1.54, 1.807) is 0 Å². The van der Waals surface area contributed by atoms with Gasteiger partial charge in [-0.05, 0) is 92.8 Å². The van der Waals surface area contributed by atoms with Crippen molar-refractivity contribution in [3.8, 4) is 44.5 Å². The van der Waals surface area contributed by atoms with E-state index in [1.807, 2.05) is 30.3 Å². The van der Waals surface area contributed by atoms with Gasteiger partial charge in [-0.15, -0.1) is 0 Å². The van der Waals surface area contributed by atoms with E-state index < -0.39 is 0 Å². The van der Waals surface area contributed by atoms with Crippen LogP contribution >= 0.6 is 0 Å². The summed E-state index contributed by atoms with van der Waals surface area (Å²) in [4.78, 5) is 20.4. The van der Waals surface area contributed by atoms with E-state index in [4.69, 9.17) is 4.98 Å². The zero-order valence-electron chi connectivity index (χ0n) is 38.6. The van der Waals surface area contributed by atoms with Crippen LogP contribution < -0.4 is 4.57 Å². The van der Waals surface area contributed by atoms with Crippen molar-refractivity contribution in [2.45, 2.75) is 60.2 Å². The molecule has 67 heavy (non-hydrogen) atoms. The highest BCUT2D eigenvalue weighted by atomic mass is 16.1. The number of benzene rings is 5. The number of allylic oxidation sites excluding steroid dienone is 2. The highest BCUT2D eigenvalue weighted by Crippen LogP contribution is 2.41. The van der Waals surface area contributed by atoms with Gasteiger partial charge in [-0.3, -0.25) is 4.79 Å². The van der Waals surface area contributed by atoms with Crippen LogP contribution in [0.4, 0.5) is 0 Å². The minimum absolute atomic E-state index is 0.0384. The molecule has 3 aromatic heterocycles. The van der Waals surface area contributed by atoms with Crippen molar-refractivity contribution < 1.29 is 9.36 Å². The molecule has 10 bridgehead atoms. The third-order valence-corrected chi connectivity index (χ3v) is 13.6. The Bertz CT molecular complexity index is 3490. The van der Waals surface area contributed by atoms with Crippen LogP contribution in [0.2, 0.25) is 0 Å². The first-order valence-corrected chi connectivity index (χ1v) is 23.5. The van der Waals surface area contributed by atoms with Crippen LogP contribution in [0, 0.1) is 27.7 Å². The molecule has 0 fully saturated rings. The molecule has 8 aromatic rings. The smallest absolute Gasteiger partial charge is 0.215 e.